The standard InChI is InChI=1S/C16H19N3O4/c1-9-11(5-6-14(17)18-9)19-16(20)10-7-12(21-2)15(23-4)13(8-10)22-3/h5-8H,1-4H3,(H2,17,18)(H,19,20). The molecule has 7 heteroatoms. The molecule has 1 aromatic heterocycles. The Balaban J connectivity index is 2.35. The van der Waals surface area contributed by atoms with Crippen LogP contribution in [0.1, 0.15) is 16.1 Å². The number of benzene rings is 1. The third-order valence-corrected chi connectivity index (χ3v) is 3.28. The maximum atomic E-state index is 12.5. The summed E-state index contributed by atoms with van der Waals surface area (Å²) in [5.74, 6) is 1.32. The van der Waals surface area contributed by atoms with E-state index in [1.165, 1.54) is 21.3 Å². The summed E-state index contributed by atoms with van der Waals surface area (Å²) in [7, 11) is 4.49. The summed E-state index contributed by atoms with van der Waals surface area (Å²) < 4.78 is 15.7. The maximum Gasteiger partial charge on any atom is 0.255 e. The highest BCUT2D eigenvalue weighted by Gasteiger charge is 2.17. The third kappa shape index (κ3) is 3.45. The summed E-state index contributed by atoms with van der Waals surface area (Å²) >= 11 is 0. The molecule has 0 bridgehead atoms. The van der Waals surface area contributed by atoms with E-state index in [0.29, 0.717) is 40.0 Å². The number of carbonyl (C=O) groups excluding carboxylic acids is 1. The number of methoxy groups -OCH3 is 3. The molecule has 0 aliphatic heterocycles. The molecular weight excluding hydrogens is 298 g/mol. The van der Waals surface area contributed by atoms with Gasteiger partial charge < -0.3 is 25.3 Å². The van der Waals surface area contributed by atoms with Crippen LogP contribution in [0.2, 0.25) is 0 Å². The number of nitrogen functional groups attached to an aromatic ring is 1. The van der Waals surface area contributed by atoms with Crippen LogP contribution in [0, 0.1) is 6.92 Å². The number of pyridine rings is 1. The van der Waals surface area contributed by atoms with Gasteiger partial charge in [0.2, 0.25) is 5.75 Å². The van der Waals surface area contributed by atoms with Gasteiger partial charge in [0.1, 0.15) is 5.82 Å². The molecule has 23 heavy (non-hydrogen) atoms. The number of hydrogen-bond donors (Lipinski definition) is 2. The quantitative estimate of drug-likeness (QED) is 0.878. The fourth-order valence-electron chi connectivity index (χ4n) is 2.12. The number of hydrogen-bond acceptors (Lipinski definition) is 6. The zero-order chi connectivity index (χ0) is 17.0. The molecule has 2 aromatic rings. The van der Waals surface area contributed by atoms with E-state index in [-0.39, 0.29) is 5.91 Å². The molecule has 0 unspecified atom stereocenters. The number of nitrogens with one attached hydrogen (secondary N) is 1. The van der Waals surface area contributed by atoms with Crippen molar-refractivity contribution < 1.29 is 19.0 Å². The minimum atomic E-state index is -0.320. The zero-order valence-electron chi connectivity index (χ0n) is 13.5. The van der Waals surface area contributed by atoms with Crippen LogP contribution in [-0.2, 0) is 0 Å². The smallest absolute Gasteiger partial charge is 0.255 e. The highest BCUT2D eigenvalue weighted by atomic mass is 16.5. The molecule has 3 N–H and O–H groups in total. The van der Waals surface area contributed by atoms with Crippen molar-refractivity contribution in [2.24, 2.45) is 0 Å². The summed E-state index contributed by atoms with van der Waals surface area (Å²) in [6, 6.07) is 6.48. The Bertz CT molecular complexity index is 706. The zero-order valence-corrected chi connectivity index (χ0v) is 13.5. The molecule has 0 saturated heterocycles. The normalized spacial score (nSPS) is 10.1. The van der Waals surface area contributed by atoms with Gasteiger partial charge in [0.05, 0.1) is 32.7 Å². The Labute approximate surface area is 134 Å². The number of ether oxygens (including phenoxy) is 3. The lowest BCUT2D eigenvalue weighted by molar-refractivity contribution is 0.102. The van der Waals surface area contributed by atoms with Crippen molar-refractivity contribution in [3.8, 4) is 17.2 Å². The van der Waals surface area contributed by atoms with Gasteiger partial charge in [-0.05, 0) is 31.2 Å². The Kier molecular flexibility index (Phi) is 4.90. The fourth-order valence-corrected chi connectivity index (χ4v) is 2.12. The minimum Gasteiger partial charge on any atom is -0.493 e. The molecule has 0 aliphatic carbocycles. The van der Waals surface area contributed by atoms with E-state index in [9.17, 15) is 4.79 Å². The molecule has 2 rings (SSSR count). The molecular formula is C16H19N3O4. The topological polar surface area (TPSA) is 95.7 Å². The first-order chi connectivity index (χ1) is 11.0. The van der Waals surface area contributed by atoms with Crippen LogP contribution < -0.4 is 25.3 Å². The lowest BCUT2D eigenvalue weighted by atomic mass is 10.1. The largest absolute Gasteiger partial charge is 0.493 e. The molecule has 0 radical (unpaired) electrons. The molecule has 1 amide bonds. The molecule has 0 fully saturated rings. The van der Waals surface area contributed by atoms with Gasteiger partial charge in [0.15, 0.2) is 11.5 Å². The second kappa shape index (κ2) is 6.87. The SMILES string of the molecule is COc1cc(C(=O)Nc2ccc(N)nc2C)cc(OC)c1OC. The molecule has 1 aromatic carbocycles. The molecule has 7 nitrogen and oxygen atoms in total. The summed E-state index contributed by atoms with van der Waals surface area (Å²) in [4.78, 5) is 16.6. The van der Waals surface area contributed by atoms with Crippen molar-refractivity contribution in [2.45, 2.75) is 6.92 Å². The molecule has 0 saturated carbocycles. The van der Waals surface area contributed by atoms with Crippen LogP contribution in [0.4, 0.5) is 11.5 Å². The van der Waals surface area contributed by atoms with E-state index in [1.54, 1.807) is 31.2 Å². The third-order valence-electron chi connectivity index (χ3n) is 3.28. The molecule has 0 atom stereocenters. The van der Waals surface area contributed by atoms with Gasteiger partial charge in [0, 0.05) is 5.56 Å². The number of rotatable bonds is 5. The van der Waals surface area contributed by atoms with Crippen molar-refractivity contribution in [3.63, 3.8) is 0 Å². The Morgan fingerprint density at radius 2 is 1.70 bits per heavy atom. The number of carbonyl (C=O) groups is 1. The summed E-state index contributed by atoms with van der Waals surface area (Å²) in [5.41, 5.74) is 7.19. The van der Waals surface area contributed by atoms with E-state index in [4.69, 9.17) is 19.9 Å². The predicted octanol–water partition coefficient (Wildman–Crippen LogP) is 2.25. The summed E-state index contributed by atoms with van der Waals surface area (Å²) in [6.07, 6.45) is 0. The van der Waals surface area contributed by atoms with E-state index < -0.39 is 0 Å². The van der Waals surface area contributed by atoms with Crippen molar-refractivity contribution in [2.75, 3.05) is 32.4 Å². The number of aryl methyl sites for hydroxylation is 1. The molecule has 1 heterocycles. The van der Waals surface area contributed by atoms with Crippen LogP contribution in [0.5, 0.6) is 17.2 Å². The second-order valence-corrected chi connectivity index (χ2v) is 4.74. The Morgan fingerprint density at radius 1 is 1.09 bits per heavy atom. The van der Waals surface area contributed by atoms with Gasteiger partial charge in [-0.25, -0.2) is 4.98 Å². The van der Waals surface area contributed by atoms with Gasteiger partial charge in [-0.3, -0.25) is 4.79 Å². The second-order valence-electron chi connectivity index (χ2n) is 4.74. The van der Waals surface area contributed by atoms with E-state index in [0.717, 1.165) is 0 Å². The minimum absolute atomic E-state index is 0.320. The number of nitrogens with zero attached hydrogens (tertiary/aromatic N) is 1. The number of aromatic nitrogens is 1. The lowest BCUT2D eigenvalue weighted by Crippen LogP contribution is -2.14. The predicted molar refractivity (Wildman–Crippen MR) is 87.4 cm³/mol. The van der Waals surface area contributed by atoms with Crippen molar-refractivity contribution in [1.82, 2.24) is 4.98 Å². The van der Waals surface area contributed by atoms with Gasteiger partial charge in [-0.15, -0.1) is 0 Å². The summed E-state index contributed by atoms with van der Waals surface area (Å²) in [5, 5.41) is 2.78. The molecule has 122 valence electrons. The van der Waals surface area contributed by atoms with Crippen molar-refractivity contribution in [1.29, 1.82) is 0 Å². The Morgan fingerprint density at radius 3 is 2.17 bits per heavy atom. The average molecular weight is 317 g/mol. The van der Waals surface area contributed by atoms with Gasteiger partial charge in [0.25, 0.3) is 5.91 Å². The van der Waals surface area contributed by atoms with Crippen LogP contribution in [0.3, 0.4) is 0 Å². The van der Waals surface area contributed by atoms with E-state index >= 15 is 0 Å². The highest BCUT2D eigenvalue weighted by molar-refractivity contribution is 6.05. The highest BCUT2D eigenvalue weighted by Crippen LogP contribution is 2.38. The van der Waals surface area contributed by atoms with E-state index in [1.807, 2.05) is 0 Å². The van der Waals surface area contributed by atoms with Crippen molar-refractivity contribution in [3.05, 3.63) is 35.5 Å². The van der Waals surface area contributed by atoms with Gasteiger partial charge >= 0.3 is 0 Å². The first-order valence-corrected chi connectivity index (χ1v) is 6.84. The summed E-state index contributed by atoms with van der Waals surface area (Å²) in [6.45, 7) is 1.77. The van der Waals surface area contributed by atoms with Crippen LogP contribution in [0.15, 0.2) is 24.3 Å². The average Bonchev–Trinajstić information content (AvgIpc) is 2.55. The van der Waals surface area contributed by atoms with Crippen LogP contribution in [-0.4, -0.2) is 32.2 Å². The maximum absolute atomic E-state index is 12.5. The number of nitrogens with two attached hydrogens (primary N) is 1. The first kappa shape index (κ1) is 16.4. The van der Waals surface area contributed by atoms with Crippen molar-refractivity contribution >= 4 is 17.4 Å². The van der Waals surface area contributed by atoms with Gasteiger partial charge in [-0.1, -0.05) is 0 Å². The Hall–Kier alpha value is -2.96. The fraction of sp³-hybridized carbons (Fsp3) is 0.250. The number of amides is 1. The van der Waals surface area contributed by atoms with Crippen LogP contribution in [0.25, 0.3) is 0 Å². The van der Waals surface area contributed by atoms with E-state index in [2.05, 4.69) is 10.3 Å². The molecule has 0 spiro atoms. The monoisotopic (exact) mass is 317 g/mol. The van der Waals surface area contributed by atoms with Gasteiger partial charge in [-0.2, -0.15) is 0 Å². The number of anilines is 2. The van der Waals surface area contributed by atoms with Crippen LogP contribution >= 0.6 is 0 Å². The first-order valence-electron chi connectivity index (χ1n) is 6.84. The molecule has 0 aliphatic rings. The lowest BCUT2D eigenvalue weighted by Gasteiger charge is -2.14.